The van der Waals surface area contributed by atoms with Crippen molar-refractivity contribution in [3.8, 4) is 0 Å². The van der Waals surface area contributed by atoms with Gasteiger partial charge in [0.15, 0.2) is 11.5 Å². The van der Waals surface area contributed by atoms with Crippen LogP contribution in [0.25, 0.3) is 0 Å². The molecule has 0 spiro atoms. The Morgan fingerprint density at radius 3 is 2.72 bits per heavy atom. The van der Waals surface area contributed by atoms with Crippen LogP contribution < -0.4 is 5.32 Å². The summed E-state index contributed by atoms with van der Waals surface area (Å²) in [5, 5.41) is 13.6. The van der Waals surface area contributed by atoms with Crippen molar-refractivity contribution in [1.82, 2.24) is 5.32 Å². The third-order valence-electron chi connectivity index (χ3n) is 5.34. The van der Waals surface area contributed by atoms with E-state index in [2.05, 4.69) is 12.2 Å². The van der Waals surface area contributed by atoms with E-state index < -0.39 is 5.60 Å². The first-order valence-electron chi connectivity index (χ1n) is 8.94. The van der Waals surface area contributed by atoms with Crippen molar-refractivity contribution in [2.24, 2.45) is 5.41 Å². The molecular weight excluding hydrogens is 338 g/mol. The highest BCUT2D eigenvalue weighted by molar-refractivity contribution is 8.00. The van der Waals surface area contributed by atoms with Crippen molar-refractivity contribution in [2.45, 2.75) is 64.2 Å². The maximum Gasteiger partial charge on any atom is 0.287 e. The summed E-state index contributed by atoms with van der Waals surface area (Å²) >= 11 is 1.73. The van der Waals surface area contributed by atoms with Gasteiger partial charge in [0.1, 0.15) is 5.76 Å². The zero-order chi connectivity index (χ0) is 18.4. The molecule has 1 aromatic rings. The summed E-state index contributed by atoms with van der Waals surface area (Å²) in [5.41, 5.74) is 0.210. The highest BCUT2D eigenvalue weighted by Gasteiger charge is 2.45. The van der Waals surface area contributed by atoms with Crippen molar-refractivity contribution in [3.63, 3.8) is 0 Å². The van der Waals surface area contributed by atoms with Gasteiger partial charge in [0.2, 0.25) is 0 Å². The molecule has 0 aliphatic heterocycles. The molecular formula is C19H27NO4S. The maximum absolute atomic E-state index is 12.6. The first-order chi connectivity index (χ1) is 11.7. The van der Waals surface area contributed by atoms with Crippen LogP contribution in [0, 0.1) is 12.3 Å². The number of rotatable bonds is 5. The number of nitrogens with one attached hydrogen (secondary N) is 1. The minimum Gasteiger partial charge on any atom is -0.455 e. The number of hydrogen-bond acceptors (Lipinski definition) is 5. The lowest BCUT2D eigenvalue weighted by molar-refractivity contribution is -0.0223. The standard InChI is InChI=1S/C19H27NO4S/c1-5-25-14-6-7-19(14,23)10-20-17(22)16-11(2)15-12(21)8-18(3,4)9-13(15)24-16/h14,23H,5-10H2,1-4H3,(H,20,22)/t14-,19+/m1/s1. The third-order valence-corrected chi connectivity index (χ3v) is 6.75. The molecule has 2 N–H and O–H groups in total. The van der Waals surface area contributed by atoms with Crippen molar-refractivity contribution >= 4 is 23.5 Å². The van der Waals surface area contributed by atoms with Crippen molar-refractivity contribution in [1.29, 1.82) is 0 Å². The van der Waals surface area contributed by atoms with Crippen molar-refractivity contribution in [3.05, 3.63) is 22.6 Å². The van der Waals surface area contributed by atoms with Gasteiger partial charge in [-0.3, -0.25) is 9.59 Å². The van der Waals surface area contributed by atoms with Crippen LogP contribution in [0.2, 0.25) is 0 Å². The van der Waals surface area contributed by atoms with Gasteiger partial charge in [-0.15, -0.1) is 0 Å². The van der Waals surface area contributed by atoms with Gasteiger partial charge < -0.3 is 14.8 Å². The van der Waals surface area contributed by atoms with Gasteiger partial charge >= 0.3 is 0 Å². The van der Waals surface area contributed by atoms with E-state index in [0.717, 1.165) is 12.2 Å². The minimum absolute atomic E-state index is 0.0450. The van der Waals surface area contributed by atoms with E-state index in [-0.39, 0.29) is 34.7 Å². The fourth-order valence-electron chi connectivity index (χ4n) is 3.85. The van der Waals surface area contributed by atoms with Gasteiger partial charge in [-0.05, 0) is 30.9 Å². The molecule has 0 aromatic carbocycles. The molecule has 25 heavy (non-hydrogen) atoms. The Bertz CT molecular complexity index is 709. The number of hydrogen-bond donors (Lipinski definition) is 2. The number of carbonyl (C=O) groups is 2. The predicted octanol–water partition coefficient (Wildman–Crippen LogP) is 3.12. The Hall–Kier alpha value is -1.27. The largest absolute Gasteiger partial charge is 0.455 e. The number of furan rings is 1. The number of thioether (sulfide) groups is 1. The molecule has 1 aromatic heterocycles. The highest BCUT2D eigenvalue weighted by Crippen LogP contribution is 2.41. The van der Waals surface area contributed by atoms with E-state index in [4.69, 9.17) is 4.42 Å². The van der Waals surface area contributed by atoms with E-state index >= 15 is 0 Å². The zero-order valence-corrected chi connectivity index (χ0v) is 16.2. The van der Waals surface area contributed by atoms with Crippen molar-refractivity contribution < 1.29 is 19.1 Å². The fourth-order valence-corrected chi connectivity index (χ4v) is 5.05. The minimum atomic E-state index is -0.839. The summed E-state index contributed by atoms with van der Waals surface area (Å²) in [6.07, 6.45) is 2.80. The lowest BCUT2D eigenvalue weighted by Crippen LogP contribution is -2.57. The molecule has 3 rings (SSSR count). The molecule has 0 bridgehead atoms. The summed E-state index contributed by atoms with van der Waals surface area (Å²) < 4.78 is 5.78. The summed E-state index contributed by atoms with van der Waals surface area (Å²) in [5.74, 6) is 1.47. The second kappa shape index (κ2) is 6.47. The topological polar surface area (TPSA) is 79.5 Å². The van der Waals surface area contributed by atoms with E-state index in [9.17, 15) is 14.7 Å². The average Bonchev–Trinajstić information content (AvgIpc) is 2.84. The summed E-state index contributed by atoms with van der Waals surface area (Å²) in [4.78, 5) is 25.0. The lowest BCUT2D eigenvalue weighted by atomic mass is 9.76. The van der Waals surface area contributed by atoms with E-state index in [1.807, 2.05) is 13.8 Å². The number of amides is 1. The normalized spacial score (nSPS) is 27.6. The summed E-state index contributed by atoms with van der Waals surface area (Å²) in [6.45, 7) is 8.11. The van der Waals surface area contributed by atoms with E-state index in [0.29, 0.717) is 36.1 Å². The number of fused-ring (bicyclic) bond motifs is 1. The van der Waals surface area contributed by atoms with Crippen LogP contribution in [0.1, 0.15) is 72.3 Å². The Balaban J connectivity index is 1.73. The van der Waals surface area contributed by atoms with Gasteiger partial charge in [0.25, 0.3) is 5.91 Å². The molecule has 0 saturated heterocycles. The summed E-state index contributed by atoms with van der Waals surface area (Å²) in [6, 6.07) is 0. The average molecular weight is 365 g/mol. The van der Waals surface area contributed by atoms with Crippen LogP contribution in [0.15, 0.2) is 4.42 Å². The number of ketones is 1. The van der Waals surface area contributed by atoms with Gasteiger partial charge in [-0.1, -0.05) is 20.8 Å². The second-order valence-electron chi connectivity index (χ2n) is 8.06. The smallest absolute Gasteiger partial charge is 0.287 e. The van der Waals surface area contributed by atoms with Gasteiger partial charge in [-0.25, -0.2) is 0 Å². The molecule has 6 heteroatoms. The number of carbonyl (C=O) groups excluding carboxylic acids is 2. The number of aliphatic hydroxyl groups is 1. The predicted molar refractivity (Wildman–Crippen MR) is 98.3 cm³/mol. The van der Waals surface area contributed by atoms with Crippen LogP contribution in [0.3, 0.4) is 0 Å². The molecule has 138 valence electrons. The number of Topliss-reactive ketones (excluding diaryl/α,β-unsaturated/α-hetero) is 1. The molecule has 1 saturated carbocycles. The molecule has 2 atom stereocenters. The van der Waals surface area contributed by atoms with Crippen LogP contribution in [-0.2, 0) is 6.42 Å². The Morgan fingerprint density at radius 1 is 1.40 bits per heavy atom. The molecule has 0 unspecified atom stereocenters. The highest BCUT2D eigenvalue weighted by atomic mass is 32.2. The zero-order valence-electron chi connectivity index (χ0n) is 15.4. The second-order valence-corrected chi connectivity index (χ2v) is 9.54. The molecule has 1 fully saturated rings. The lowest BCUT2D eigenvalue weighted by Gasteiger charge is -2.44. The van der Waals surface area contributed by atoms with Gasteiger partial charge in [0, 0.05) is 30.2 Å². The van der Waals surface area contributed by atoms with Crippen molar-refractivity contribution in [2.75, 3.05) is 12.3 Å². The Labute approximate surface area is 152 Å². The van der Waals surface area contributed by atoms with Gasteiger partial charge in [-0.2, -0.15) is 11.8 Å². The quantitative estimate of drug-likeness (QED) is 0.838. The monoisotopic (exact) mass is 365 g/mol. The molecule has 2 aliphatic carbocycles. The molecule has 0 radical (unpaired) electrons. The first kappa shape index (κ1) is 18.5. The van der Waals surface area contributed by atoms with Gasteiger partial charge in [0.05, 0.1) is 11.2 Å². The molecule has 2 aliphatic rings. The van der Waals surface area contributed by atoms with Crippen LogP contribution in [0.5, 0.6) is 0 Å². The summed E-state index contributed by atoms with van der Waals surface area (Å²) in [7, 11) is 0. The Morgan fingerprint density at radius 2 is 2.12 bits per heavy atom. The first-order valence-corrected chi connectivity index (χ1v) is 9.99. The fraction of sp³-hybridized carbons (Fsp3) is 0.684. The van der Waals surface area contributed by atoms with Crippen LogP contribution >= 0.6 is 11.8 Å². The van der Waals surface area contributed by atoms with Crippen LogP contribution in [0.4, 0.5) is 0 Å². The Kier molecular flexibility index (Phi) is 4.79. The molecule has 1 amide bonds. The SMILES string of the molecule is CCS[C@@H]1CC[C@]1(O)CNC(=O)c1oc2c(c1C)C(=O)CC(C)(C)C2. The molecule has 5 nitrogen and oxygen atoms in total. The van der Waals surface area contributed by atoms with E-state index in [1.54, 1.807) is 18.7 Å². The van der Waals surface area contributed by atoms with Crippen LogP contribution in [-0.4, -0.2) is 39.9 Å². The maximum atomic E-state index is 12.6. The van der Waals surface area contributed by atoms with E-state index in [1.165, 1.54) is 0 Å². The molecule has 1 heterocycles. The third kappa shape index (κ3) is 3.38.